The number of hydrogen-bond donors (Lipinski definition) is 1. The maximum atomic E-state index is 10.2. The Kier molecular flexibility index (Phi) is 2.93. The van der Waals surface area contributed by atoms with Gasteiger partial charge in [0.15, 0.2) is 0 Å². The van der Waals surface area contributed by atoms with E-state index in [1.54, 1.807) is 28.2 Å². The molecule has 0 saturated carbocycles. The van der Waals surface area contributed by atoms with Gasteiger partial charge in [0.1, 0.15) is 0 Å². The van der Waals surface area contributed by atoms with Crippen molar-refractivity contribution in [1.29, 1.82) is 0 Å². The molecular formula is C13H11NOS2. The highest BCUT2D eigenvalue weighted by molar-refractivity contribution is 7.19. The summed E-state index contributed by atoms with van der Waals surface area (Å²) in [6.45, 7) is 0. The van der Waals surface area contributed by atoms with Crippen molar-refractivity contribution in [3.63, 3.8) is 0 Å². The number of aliphatic hydroxyl groups is 1. The lowest BCUT2D eigenvalue weighted by Gasteiger charge is -2.05. The average Bonchev–Trinajstić information content (AvgIpc) is 2.96. The normalized spacial score (nSPS) is 13.0. The predicted octanol–water partition coefficient (Wildman–Crippen LogP) is 3.63. The van der Waals surface area contributed by atoms with Crippen LogP contribution in [0.15, 0.2) is 42.0 Å². The Morgan fingerprint density at radius 2 is 2.18 bits per heavy atom. The Hall–Kier alpha value is -1.23. The Bertz CT molecular complexity index is 582. The summed E-state index contributed by atoms with van der Waals surface area (Å²) in [7, 11) is 0. The van der Waals surface area contributed by atoms with Crippen LogP contribution in [-0.4, -0.2) is 10.1 Å². The zero-order valence-corrected chi connectivity index (χ0v) is 10.7. The molecule has 1 atom stereocenters. The van der Waals surface area contributed by atoms with Gasteiger partial charge < -0.3 is 5.11 Å². The first-order chi connectivity index (χ1) is 8.33. The minimum atomic E-state index is -0.423. The minimum Gasteiger partial charge on any atom is -0.387 e. The third-order valence-electron chi connectivity index (χ3n) is 2.65. The molecule has 0 amide bonds. The van der Waals surface area contributed by atoms with Gasteiger partial charge in [-0.25, -0.2) is 0 Å². The van der Waals surface area contributed by atoms with E-state index in [0.717, 1.165) is 9.75 Å². The highest BCUT2D eigenvalue weighted by atomic mass is 32.1. The molecule has 0 saturated heterocycles. The van der Waals surface area contributed by atoms with Crippen LogP contribution in [0.2, 0.25) is 0 Å². The van der Waals surface area contributed by atoms with Crippen molar-refractivity contribution in [3.8, 4) is 0 Å². The van der Waals surface area contributed by atoms with Crippen molar-refractivity contribution < 1.29 is 5.11 Å². The monoisotopic (exact) mass is 261 g/mol. The van der Waals surface area contributed by atoms with Gasteiger partial charge >= 0.3 is 0 Å². The van der Waals surface area contributed by atoms with Crippen molar-refractivity contribution >= 4 is 32.8 Å². The highest BCUT2D eigenvalue weighted by Crippen LogP contribution is 2.31. The van der Waals surface area contributed by atoms with Gasteiger partial charge in [-0.3, -0.25) is 4.98 Å². The molecule has 0 fully saturated rings. The molecule has 0 aliphatic heterocycles. The first-order valence-electron chi connectivity index (χ1n) is 5.37. The SMILES string of the molecule is OC(Cc1cncs1)c1cc2ccccc2s1. The molecule has 1 unspecified atom stereocenters. The second-order valence-corrected chi connectivity index (χ2v) is 5.96. The molecule has 3 rings (SSSR count). The number of aliphatic hydroxyl groups excluding tert-OH is 1. The van der Waals surface area contributed by atoms with Crippen LogP contribution in [0.1, 0.15) is 15.9 Å². The van der Waals surface area contributed by atoms with Crippen molar-refractivity contribution in [2.45, 2.75) is 12.5 Å². The van der Waals surface area contributed by atoms with Crippen LogP contribution < -0.4 is 0 Å². The smallest absolute Gasteiger partial charge is 0.0931 e. The van der Waals surface area contributed by atoms with Crippen LogP contribution in [0.4, 0.5) is 0 Å². The van der Waals surface area contributed by atoms with Crippen LogP contribution in [0, 0.1) is 0 Å². The van der Waals surface area contributed by atoms with E-state index in [1.165, 1.54) is 10.1 Å². The van der Waals surface area contributed by atoms with Crippen molar-refractivity contribution in [3.05, 3.63) is 51.8 Å². The molecule has 17 heavy (non-hydrogen) atoms. The summed E-state index contributed by atoms with van der Waals surface area (Å²) < 4.78 is 1.23. The number of thiazole rings is 1. The lowest BCUT2D eigenvalue weighted by atomic mass is 10.2. The van der Waals surface area contributed by atoms with E-state index >= 15 is 0 Å². The van der Waals surface area contributed by atoms with Gasteiger partial charge in [-0.1, -0.05) is 18.2 Å². The van der Waals surface area contributed by atoms with Gasteiger partial charge in [-0.15, -0.1) is 22.7 Å². The van der Waals surface area contributed by atoms with Crippen molar-refractivity contribution in [2.24, 2.45) is 0 Å². The van der Waals surface area contributed by atoms with Crippen LogP contribution in [-0.2, 0) is 6.42 Å². The lowest BCUT2D eigenvalue weighted by molar-refractivity contribution is 0.183. The number of hydrogen-bond acceptors (Lipinski definition) is 4. The van der Waals surface area contributed by atoms with E-state index in [9.17, 15) is 5.11 Å². The molecule has 0 radical (unpaired) electrons. The van der Waals surface area contributed by atoms with E-state index in [1.807, 2.05) is 18.3 Å². The second-order valence-electron chi connectivity index (χ2n) is 3.87. The molecule has 1 N–H and O–H groups in total. The van der Waals surface area contributed by atoms with E-state index < -0.39 is 6.10 Å². The molecule has 3 aromatic rings. The first-order valence-corrected chi connectivity index (χ1v) is 7.06. The van der Waals surface area contributed by atoms with Gasteiger partial charge in [-0.05, 0) is 17.5 Å². The number of thiophene rings is 1. The molecule has 0 aliphatic carbocycles. The fourth-order valence-electron chi connectivity index (χ4n) is 1.80. The number of rotatable bonds is 3. The molecule has 1 aromatic carbocycles. The predicted molar refractivity (Wildman–Crippen MR) is 72.6 cm³/mol. The summed E-state index contributed by atoms with van der Waals surface area (Å²) in [4.78, 5) is 6.17. The van der Waals surface area contributed by atoms with Crippen molar-refractivity contribution in [2.75, 3.05) is 0 Å². The van der Waals surface area contributed by atoms with Gasteiger partial charge in [0, 0.05) is 27.1 Å². The summed E-state index contributed by atoms with van der Waals surface area (Å²) >= 11 is 3.25. The van der Waals surface area contributed by atoms with Gasteiger partial charge in [0.2, 0.25) is 0 Å². The number of benzene rings is 1. The van der Waals surface area contributed by atoms with E-state index in [2.05, 4.69) is 23.2 Å². The van der Waals surface area contributed by atoms with E-state index in [4.69, 9.17) is 0 Å². The largest absolute Gasteiger partial charge is 0.387 e. The molecule has 86 valence electrons. The summed E-state index contributed by atoms with van der Waals surface area (Å²) in [6.07, 6.45) is 2.05. The third kappa shape index (κ3) is 2.24. The van der Waals surface area contributed by atoms with Gasteiger partial charge in [0.25, 0.3) is 0 Å². The molecule has 4 heteroatoms. The Labute approximate surface area is 107 Å². The van der Waals surface area contributed by atoms with Crippen LogP contribution >= 0.6 is 22.7 Å². The Morgan fingerprint density at radius 1 is 1.29 bits per heavy atom. The molecule has 2 heterocycles. The molecule has 2 nitrogen and oxygen atoms in total. The van der Waals surface area contributed by atoms with Gasteiger partial charge in [0.05, 0.1) is 11.6 Å². The van der Waals surface area contributed by atoms with Crippen molar-refractivity contribution in [1.82, 2.24) is 4.98 Å². The minimum absolute atomic E-state index is 0.423. The number of nitrogens with zero attached hydrogens (tertiary/aromatic N) is 1. The Balaban J connectivity index is 1.88. The zero-order valence-electron chi connectivity index (χ0n) is 9.04. The van der Waals surface area contributed by atoms with E-state index in [-0.39, 0.29) is 0 Å². The molecular weight excluding hydrogens is 250 g/mol. The highest BCUT2D eigenvalue weighted by Gasteiger charge is 2.12. The lowest BCUT2D eigenvalue weighted by Crippen LogP contribution is -1.97. The topological polar surface area (TPSA) is 33.1 Å². The molecule has 0 spiro atoms. The average molecular weight is 261 g/mol. The number of fused-ring (bicyclic) bond motifs is 1. The van der Waals surface area contributed by atoms with Crippen LogP contribution in [0.3, 0.4) is 0 Å². The standard InChI is InChI=1S/C13H11NOS2/c15-11(6-10-7-14-8-16-10)13-5-9-3-1-2-4-12(9)17-13/h1-5,7-8,11,15H,6H2. The quantitative estimate of drug-likeness (QED) is 0.781. The maximum absolute atomic E-state index is 10.2. The fourth-order valence-corrected chi connectivity index (χ4v) is 3.48. The van der Waals surface area contributed by atoms with Crippen LogP contribution in [0.25, 0.3) is 10.1 Å². The summed E-state index contributed by atoms with van der Waals surface area (Å²) in [6, 6.07) is 10.3. The first kappa shape index (κ1) is 10.9. The summed E-state index contributed by atoms with van der Waals surface area (Å²) in [5.74, 6) is 0. The molecule has 0 bridgehead atoms. The fraction of sp³-hybridized carbons (Fsp3) is 0.154. The second kappa shape index (κ2) is 4.56. The molecule has 0 aliphatic rings. The maximum Gasteiger partial charge on any atom is 0.0931 e. The zero-order chi connectivity index (χ0) is 11.7. The van der Waals surface area contributed by atoms with Crippen LogP contribution in [0.5, 0.6) is 0 Å². The third-order valence-corrected chi connectivity index (χ3v) is 4.67. The molecule has 2 aromatic heterocycles. The summed E-state index contributed by atoms with van der Waals surface area (Å²) in [5.41, 5.74) is 1.80. The summed E-state index contributed by atoms with van der Waals surface area (Å²) in [5, 5.41) is 11.4. The number of aromatic nitrogens is 1. The van der Waals surface area contributed by atoms with Gasteiger partial charge in [-0.2, -0.15) is 0 Å². The van der Waals surface area contributed by atoms with E-state index in [0.29, 0.717) is 6.42 Å². The Morgan fingerprint density at radius 3 is 2.94 bits per heavy atom.